The second kappa shape index (κ2) is 6.55. The van der Waals surface area contributed by atoms with Crippen LogP contribution in [0.15, 0.2) is 0 Å². The summed E-state index contributed by atoms with van der Waals surface area (Å²) >= 11 is 0. The lowest BCUT2D eigenvalue weighted by molar-refractivity contribution is 0.0913. The molecule has 0 aromatic rings. The van der Waals surface area contributed by atoms with Crippen LogP contribution < -0.4 is 0 Å². The maximum atomic E-state index is 2.68. The second-order valence-electron chi connectivity index (χ2n) is 7.63. The number of likely N-dealkylation sites (tertiary alicyclic amines) is 1. The van der Waals surface area contributed by atoms with Crippen molar-refractivity contribution in [2.75, 3.05) is 59.4 Å². The van der Waals surface area contributed by atoms with E-state index in [-0.39, 0.29) is 0 Å². The predicted molar refractivity (Wildman–Crippen MR) is 82.6 cm³/mol. The predicted octanol–water partition coefficient (Wildman–Crippen LogP) is 1.99. The van der Waals surface area contributed by atoms with Crippen molar-refractivity contribution in [2.45, 2.75) is 33.6 Å². The Kier molecular flexibility index (Phi) is 5.27. The molecule has 0 radical (unpaired) electrons. The van der Waals surface area contributed by atoms with E-state index in [0.717, 1.165) is 5.92 Å². The molecule has 0 aromatic heterocycles. The van der Waals surface area contributed by atoms with Crippen LogP contribution in [0.5, 0.6) is 0 Å². The minimum Gasteiger partial charge on any atom is -0.304 e. The summed E-state index contributed by atoms with van der Waals surface area (Å²) in [5.41, 5.74) is 0.504. The molecule has 3 nitrogen and oxygen atoms in total. The Bertz CT molecular complexity index is 256. The maximum Gasteiger partial charge on any atom is 0.0110 e. The van der Waals surface area contributed by atoms with E-state index in [9.17, 15) is 0 Å². The highest BCUT2D eigenvalue weighted by molar-refractivity contribution is 4.81. The molecule has 0 aliphatic carbocycles. The molecule has 0 N–H and O–H groups in total. The van der Waals surface area contributed by atoms with Crippen molar-refractivity contribution in [1.29, 1.82) is 0 Å². The Labute approximate surface area is 119 Å². The van der Waals surface area contributed by atoms with E-state index in [1.807, 2.05) is 0 Å². The number of rotatable bonds is 3. The van der Waals surface area contributed by atoms with Crippen LogP contribution in [0.2, 0.25) is 0 Å². The summed E-state index contributed by atoms with van der Waals surface area (Å²) in [7, 11) is 2.23. The van der Waals surface area contributed by atoms with Gasteiger partial charge in [0.2, 0.25) is 0 Å². The van der Waals surface area contributed by atoms with E-state index >= 15 is 0 Å². The first-order valence-corrected chi connectivity index (χ1v) is 8.08. The largest absolute Gasteiger partial charge is 0.304 e. The highest BCUT2D eigenvalue weighted by atomic mass is 15.3. The Balaban J connectivity index is 1.63. The Morgan fingerprint density at radius 3 is 1.74 bits per heavy atom. The standard InChI is InChI=1S/C16H33N3/c1-16(2,3)15-5-7-18(8-6-15)13-14-19-11-9-17(4)10-12-19/h15H,5-14H2,1-4H3. The Morgan fingerprint density at radius 2 is 1.26 bits per heavy atom. The molecule has 0 bridgehead atoms. The molecule has 0 saturated carbocycles. The highest BCUT2D eigenvalue weighted by Crippen LogP contribution is 2.34. The molecule has 0 unspecified atom stereocenters. The van der Waals surface area contributed by atoms with Crippen LogP contribution in [-0.2, 0) is 0 Å². The Hall–Kier alpha value is -0.120. The molecule has 0 spiro atoms. The fourth-order valence-corrected chi connectivity index (χ4v) is 3.38. The smallest absolute Gasteiger partial charge is 0.0110 e. The molecule has 0 aromatic carbocycles. The zero-order valence-corrected chi connectivity index (χ0v) is 13.5. The van der Waals surface area contributed by atoms with E-state index < -0.39 is 0 Å². The van der Waals surface area contributed by atoms with E-state index in [1.165, 1.54) is 65.2 Å². The van der Waals surface area contributed by atoms with Gasteiger partial charge < -0.3 is 9.80 Å². The monoisotopic (exact) mass is 267 g/mol. The minimum atomic E-state index is 0.504. The molecule has 112 valence electrons. The first kappa shape index (κ1) is 15.3. The molecule has 2 fully saturated rings. The number of hydrogen-bond acceptors (Lipinski definition) is 3. The summed E-state index contributed by atoms with van der Waals surface area (Å²) in [5, 5.41) is 0. The second-order valence-corrected chi connectivity index (χ2v) is 7.63. The van der Waals surface area contributed by atoms with Gasteiger partial charge in [-0.1, -0.05) is 20.8 Å². The van der Waals surface area contributed by atoms with Gasteiger partial charge in [0.1, 0.15) is 0 Å². The number of hydrogen-bond donors (Lipinski definition) is 0. The van der Waals surface area contributed by atoms with Crippen molar-refractivity contribution >= 4 is 0 Å². The van der Waals surface area contributed by atoms with Gasteiger partial charge in [0.25, 0.3) is 0 Å². The van der Waals surface area contributed by atoms with Crippen LogP contribution in [0, 0.1) is 11.3 Å². The SMILES string of the molecule is CN1CCN(CCN2CCC(C(C)(C)C)CC2)CC1. The van der Waals surface area contributed by atoms with Gasteiger partial charge in [0, 0.05) is 39.3 Å². The molecule has 2 heterocycles. The summed E-state index contributed by atoms with van der Waals surface area (Å²) in [4.78, 5) is 7.75. The molecule has 0 atom stereocenters. The lowest BCUT2D eigenvalue weighted by Gasteiger charge is -2.40. The molecule has 3 heteroatoms. The van der Waals surface area contributed by atoms with Gasteiger partial charge >= 0.3 is 0 Å². The summed E-state index contributed by atoms with van der Waals surface area (Å²) in [6.07, 6.45) is 2.79. The number of likely N-dealkylation sites (N-methyl/N-ethyl adjacent to an activating group) is 1. The summed E-state index contributed by atoms with van der Waals surface area (Å²) in [6, 6.07) is 0. The van der Waals surface area contributed by atoms with Gasteiger partial charge in [0.15, 0.2) is 0 Å². The van der Waals surface area contributed by atoms with Crippen LogP contribution in [0.1, 0.15) is 33.6 Å². The van der Waals surface area contributed by atoms with Crippen LogP contribution in [0.25, 0.3) is 0 Å². The summed E-state index contributed by atoms with van der Waals surface area (Å²) in [6.45, 7) is 17.4. The molecular weight excluding hydrogens is 234 g/mol. The summed E-state index contributed by atoms with van der Waals surface area (Å²) in [5.74, 6) is 0.924. The van der Waals surface area contributed by atoms with Crippen molar-refractivity contribution in [3.05, 3.63) is 0 Å². The third kappa shape index (κ3) is 4.73. The first-order valence-electron chi connectivity index (χ1n) is 8.08. The molecule has 0 amide bonds. The van der Waals surface area contributed by atoms with Crippen LogP contribution >= 0.6 is 0 Å². The average molecular weight is 267 g/mol. The third-order valence-corrected chi connectivity index (χ3v) is 5.14. The molecule has 2 aliphatic heterocycles. The van der Waals surface area contributed by atoms with Gasteiger partial charge in [-0.05, 0) is 44.3 Å². The van der Waals surface area contributed by atoms with Crippen LogP contribution in [0.4, 0.5) is 0 Å². The zero-order chi connectivity index (χ0) is 13.9. The van der Waals surface area contributed by atoms with E-state index in [4.69, 9.17) is 0 Å². The van der Waals surface area contributed by atoms with Gasteiger partial charge in [-0.2, -0.15) is 0 Å². The number of piperazine rings is 1. The average Bonchev–Trinajstić information content (AvgIpc) is 2.37. The van der Waals surface area contributed by atoms with Crippen molar-refractivity contribution < 1.29 is 0 Å². The van der Waals surface area contributed by atoms with E-state index in [0.29, 0.717) is 5.41 Å². The first-order chi connectivity index (χ1) is 8.95. The molecule has 2 aliphatic rings. The molecule has 19 heavy (non-hydrogen) atoms. The topological polar surface area (TPSA) is 9.72 Å². The fraction of sp³-hybridized carbons (Fsp3) is 1.00. The van der Waals surface area contributed by atoms with Gasteiger partial charge in [-0.3, -0.25) is 4.90 Å². The van der Waals surface area contributed by atoms with Gasteiger partial charge in [-0.15, -0.1) is 0 Å². The van der Waals surface area contributed by atoms with Gasteiger partial charge in [-0.25, -0.2) is 0 Å². The lowest BCUT2D eigenvalue weighted by atomic mass is 9.75. The highest BCUT2D eigenvalue weighted by Gasteiger charge is 2.28. The van der Waals surface area contributed by atoms with E-state index in [2.05, 4.69) is 42.5 Å². The number of nitrogens with zero attached hydrogens (tertiary/aromatic N) is 3. The molecule has 2 rings (SSSR count). The quantitative estimate of drug-likeness (QED) is 0.774. The zero-order valence-electron chi connectivity index (χ0n) is 13.5. The summed E-state index contributed by atoms with van der Waals surface area (Å²) < 4.78 is 0. The molecular formula is C16H33N3. The fourth-order valence-electron chi connectivity index (χ4n) is 3.38. The van der Waals surface area contributed by atoms with Crippen LogP contribution in [-0.4, -0.2) is 74.1 Å². The molecule has 2 saturated heterocycles. The van der Waals surface area contributed by atoms with Gasteiger partial charge in [0.05, 0.1) is 0 Å². The Morgan fingerprint density at radius 1 is 0.789 bits per heavy atom. The van der Waals surface area contributed by atoms with Crippen LogP contribution in [0.3, 0.4) is 0 Å². The normalized spacial score (nSPS) is 25.9. The van der Waals surface area contributed by atoms with Crippen molar-refractivity contribution in [2.24, 2.45) is 11.3 Å². The van der Waals surface area contributed by atoms with Crippen molar-refractivity contribution in [3.63, 3.8) is 0 Å². The van der Waals surface area contributed by atoms with Crippen molar-refractivity contribution in [3.8, 4) is 0 Å². The maximum absolute atomic E-state index is 2.68. The lowest BCUT2D eigenvalue weighted by Crippen LogP contribution is -2.48. The van der Waals surface area contributed by atoms with E-state index in [1.54, 1.807) is 0 Å². The van der Waals surface area contributed by atoms with Crippen molar-refractivity contribution in [1.82, 2.24) is 14.7 Å². The third-order valence-electron chi connectivity index (χ3n) is 5.14. The minimum absolute atomic E-state index is 0.504. The number of piperidine rings is 1.